The standard InChI is InChI=1S/C14H21ClN2/c1-10-4-5-12(8-13(10)15)9-14-11(2)16-6-7-17(14)3/h4-5,8,11,14,16H,6-7,9H2,1-3H3. The number of halogens is 1. The van der Waals surface area contributed by atoms with Gasteiger partial charge in [-0.05, 0) is 44.5 Å². The van der Waals surface area contributed by atoms with Gasteiger partial charge in [0.25, 0.3) is 0 Å². The van der Waals surface area contributed by atoms with Gasteiger partial charge in [0.05, 0.1) is 0 Å². The topological polar surface area (TPSA) is 15.3 Å². The maximum atomic E-state index is 6.18. The van der Waals surface area contributed by atoms with E-state index in [0.717, 1.165) is 30.1 Å². The molecule has 1 N–H and O–H groups in total. The fourth-order valence-electron chi connectivity index (χ4n) is 2.49. The van der Waals surface area contributed by atoms with Crippen molar-refractivity contribution in [3.05, 3.63) is 34.3 Å². The molecular weight excluding hydrogens is 232 g/mol. The van der Waals surface area contributed by atoms with Crippen molar-refractivity contribution in [1.29, 1.82) is 0 Å². The van der Waals surface area contributed by atoms with Crippen LogP contribution in [-0.2, 0) is 6.42 Å². The van der Waals surface area contributed by atoms with Crippen LogP contribution in [0.1, 0.15) is 18.1 Å². The highest BCUT2D eigenvalue weighted by molar-refractivity contribution is 6.31. The molecular formula is C14H21ClN2. The van der Waals surface area contributed by atoms with E-state index in [-0.39, 0.29) is 0 Å². The van der Waals surface area contributed by atoms with Gasteiger partial charge in [-0.15, -0.1) is 0 Å². The molecule has 2 unspecified atom stereocenters. The lowest BCUT2D eigenvalue weighted by Gasteiger charge is -2.38. The van der Waals surface area contributed by atoms with Crippen molar-refractivity contribution in [1.82, 2.24) is 10.2 Å². The van der Waals surface area contributed by atoms with Crippen LogP contribution in [0, 0.1) is 6.92 Å². The van der Waals surface area contributed by atoms with Crippen molar-refractivity contribution in [3.63, 3.8) is 0 Å². The first kappa shape index (κ1) is 12.9. The summed E-state index contributed by atoms with van der Waals surface area (Å²) in [6, 6.07) is 7.50. The quantitative estimate of drug-likeness (QED) is 0.870. The van der Waals surface area contributed by atoms with E-state index in [4.69, 9.17) is 11.6 Å². The second-order valence-corrected chi connectivity index (χ2v) is 5.49. The van der Waals surface area contributed by atoms with Gasteiger partial charge < -0.3 is 10.2 Å². The minimum atomic E-state index is 0.536. The van der Waals surface area contributed by atoms with Crippen molar-refractivity contribution in [2.75, 3.05) is 20.1 Å². The molecule has 3 heteroatoms. The minimum absolute atomic E-state index is 0.536. The van der Waals surface area contributed by atoms with Crippen LogP contribution >= 0.6 is 11.6 Å². The molecule has 1 fully saturated rings. The minimum Gasteiger partial charge on any atom is -0.311 e. The Morgan fingerprint density at radius 3 is 2.88 bits per heavy atom. The van der Waals surface area contributed by atoms with Gasteiger partial charge in [-0.1, -0.05) is 23.7 Å². The van der Waals surface area contributed by atoms with Crippen LogP contribution in [0.25, 0.3) is 0 Å². The Balaban J connectivity index is 2.10. The fraction of sp³-hybridized carbons (Fsp3) is 0.571. The SMILES string of the molecule is Cc1ccc(CC2C(C)NCCN2C)cc1Cl. The summed E-state index contributed by atoms with van der Waals surface area (Å²) in [6.07, 6.45) is 1.06. The second kappa shape index (κ2) is 5.38. The number of hydrogen-bond donors (Lipinski definition) is 1. The van der Waals surface area contributed by atoms with E-state index in [1.54, 1.807) is 0 Å². The summed E-state index contributed by atoms with van der Waals surface area (Å²) in [4.78, 5) is 2.44. The number of hydrogen-bond acceptors (Lipinski definition) is 2. The summed E-state index contributed by atoms with van der Waals surface area (Å²) in [5, 5.41) is 4.41. The molecule has 2 atom stereocenters. The van der Waals surface area contributed by atoms with Gasteiger partial charge in [0.1, 0.15) is 0 Å². The summed E-state index contributed by atoms with van der Waals surface area (Å²) in [7, 11) is 2.21. The van der Waals surface area contributed by atoms with Crippen LogP contribution in [-0.4, -0.2) is 37.1 Å². The van der Waals surface area contributed by atoms with Gasteiger partial charge in [-0.3, -0.25) is 0 Å². The summed E-state index contributed by atoms with van der Waals surface area (Å²) in [5.41, 5.74) is 2.48. The van der Waals surface area contributed by atoms with Crippen molar-refractivity contribution >= 4 is 11.6 Å². The summed E-state index contributed by atoms with van der Waals surface area (Å²) < 4.78 is 0. The average molecular weight is 253 g/mol. The molecule has 0 radical (unpaired) electrons. The number of rotatable bonds is 2. The molecule has 0 spiro atoms. The van der Waals surface area contributed by atoms with Gasteiger partial charge in [0.15, 0.2) is 0 Å². The van der Waals surface area contributed by atoms with E-state index in [1.165, 1.54) is 5.56 Å². The summed E-state index contributed by atoms with van der Waals surface area (Å²) in [5.74, 6) is 0. The Kier molecular flexibility index (Phi) is 4.08. The van der Waals surface area contributed by atoms with Gasteiger partial charge in [0, 0.05) is 30.2 Å². The predicted molar refractivity (Wildman–Crippen MR) is 73.8 cm³/mol. The van der Waals surface area contributed by atoms with Crippen LogP contribution < -0.4 is 5.32 Å². The maximum Gasteiger partial charge on any atom is 0.0437 e. The van der Waals surface area contributed by atoms with Crippen molar-refractivity contribution in [2.24, 2.45) is 0 Å². The lowest BCUT2D eigenvalue weighted by atomic mass is 9.97. The van der Waals surface area contributed by atoms with Crippen molar-refractivity contribution < 1.29 is 0 Å². The third-order valence-electron chi connectivity index (χ3n) is 3.76. The predicted octanol–water partition coefficient (Wildman–Crippen LogP) is 2.48. The lowest BCUT2D eigenvalue weighted by Crippen LogP contribution is -2.55. The molecule has 0 aliphatic carbocycles. The highest BCUT2D eigenvalue weighted by atomic mass is 35.5. The van der Waals surface area contributed by atoms with Gasteiger partial charge in [-0.2, -0.15) is 0 Å². The Morgan fingerprint density at radius 2 is 2.24 bits per heavy atom. The first-order valence-electron chi connectivity index (χ1n) is 6.26. The highest BCUT2D eigenvalue weighted by Gasteiger charge is 2.25. The molecule has 17 heavy (non-hydrogen) atoms. The van der Waals surface area contributed by atoms with Crippen LogP contribution in [0.4, 0.5) is 0 Å². The molecule has 0 amide bonds. The third kappa shape index (κ3) is 3.01. The Bertz CT molecular complexity index is 382. The largest absolute Gasteiger partial charge is 0.311 e. The van der Waals surface area contributed by atoms with E-state index < -0.39 is 0 Å². The van der Waals surface area contributed by atoms with E-state index in [0.29, 0.717) is 12.1 Å². The monoisotopic (exact) mass is 252 g/mol. The molecule has 1 heterocycles. The second-order valence-electron chi connectivity index (χ2n) is 5.08. The molecule has 0 saturated carbocycles. The third-order valence-corrected chi connectivity index (χ3v) is 4.16. The Morgan fingerprint density at radius 1 is 1.47 bits per heavy atom. The number of nitrogens with one attached hydrogen (secondary N) is 1. The molecule has 94 valence electrons. The average Bonchev–Trinajstić information content (AvgIpc) is 2.28. The smallest absolute Gasteiger partial charge is 0.0437 e. The summed E-state index contributed by atoms with van der Waals surface area (Å²) >= 11 is 6.18. The molecule has 0 bridgehead atoms. The Hall–Kier alpha value is -0.570. The molecule has 0 aromatic heterocycles. The molecule has 1 aliphatic rings. The molecule has 1 saturated heterocycles. The fourth-order valence-corrected chi connectivity index (χ4v) is 2.69. The molecule has 2 rings (SSSR count). The first-order chi connectivity index (χ1) is 8.08. The van der Waals surface area contributed by atoms with Crippen LogP contribution in [0.2, 0.25) is 5.02 Å². The Labute approximate surface area is 109 Å². The summed E-state index contributed by atoms with van der Waals surface area (Å²) in [6.45, 7) is 6.51. The lowest BCUT2D eigenvalue weighted by molar-refractivity contribution is 0.157. The zero-order valence-electron chi connectivity index (χ0n) is 10.8. The van der Waals surface area contributed by atoms with E-state index in [1.807, 2.05) is 6.92 Å². The van der Waals surface area contributed by atoms with E-state index in [9.17, 15) is 0 Å². The van der Waals surface area contributed by atoms with Crippen LogP contribution in [0.5, 0.6) is 0 Å². The van der Waals surface area contributed by atoms with Crippen LogP contribution in [0.3, 0.4) is 0 Å². The molecule has 1 aliphatic heterocycles. The van der Waals surface area contributed by atoms with Crippen molar-refractivity contribution in [3.8, 4) is 0 Å². The van der Waals surface area contributed by atoms with Gasteiger partial charge in [-0.25, -0.2) is 0 Å². The molecule has 1 aromatic carbocycles. The molecule has 2 nitrogen and oxygen atoms in total. The van der Waals surface area contributed by atoms with E-state index in [2.05, 4.69) is 42.4 Å². The number of aryl methyl sites for hydroxylation is 1. The molecule has 1 aromatic rings. The van der Waals surface area contributed by atoms with E-state index >= 15 is 0 Å². The zero-order chi connectivity index (χ0) is 12.4. The number of benzene rings is 1. The maximum absolute atomic E-state index is 6.18. The number of nitrogens with zero attached hydrogens (tertiary/aromatic N) is 1. The van der Waals surface area contributed by atoms with Gasteiger partial charge in [0.2, 0.25) is 0 Å². The van der Waals surface area contributed by atoms with Gasteiger partial charge >= 0.3 is 0 Å². The van der Waals surface area contributed by atoms with Crippen molar-refractivity contribution in [2.45, 2.75) is 32.4 Å². The zero-order valence-corrected chi connectivity index (χ0v) is 11.6. The first-order valence-corrected chi connectivity index (χ1v) is 6.64. The number of likely N-dealkylation sites (N-methyl/N-ethyl adjacent to an activating group) is 1. The highest BCUT2D eigenvalue weighted by Crippen LogP contribution is 2.20. The normalized spacial score (nSPS) is 26.1. The van der Waals surface area contributed by atoms with Crippen LogP contribution in [0.15, 0.2) is 18.2 Å². The number of piperazine rings is 1.